The highest BCUT2D eigenvalue weighted by atomic mass is 79.9. The Morgan fingerprint density at radius 3 is 2.62 bits per heavy atom. The molecule has 2 aromatic heterocycles. The predicted molar refractivity (Wildman–Crippen MR) is 121 cm³/mol. The first-order valence-corrected chi connectivity index (χ1v) is 10.8. The van der Waals surface area contributed by atoms with Crippen LogP contribution in [-0.4, -0.2) is 26.0 Å². The smallest absolute Gasteiger partial charge is 0.234 e. The maximum Gasteiger partial charge on any atom is 0.234 e. The number of amides is 1. The van der Waals surface area contributed by atoms with Gasteiger partial charge in [-0.2, -0.15) is 0 Å². The number of carbonyl (C=O) groups excluding carboxylic acids is 1. The maximum atomic E-state index is 12.5. The lowest BCUT2D eigenvalue weighted by Crippen LogP contribution is -2.14. The summed E-state index contributed by atoms with van der Waals surface area (Å²) in [5, 5.41) is 4.67. The molecule has 0 saturated heterocycles. The second-order valence-corrected chi connectivity index (χ2v) is 8.38. The van der Waals surface area contributed by atoms with Crippen LogP contribution in [-0.2, 0) is 4.79 Å². The SMILES string of the molecule is O=C(CSc1nc2ccccc2c2nc3ccccc3n12)Nc1cccc(Br)c1. The maximum absolute atomic E-state index is 12.5. The van der Waals surface area contributed by atoms with Crippen LogP contribution in [0.15, 0.2) is 82.4 Å². The molecule has 0 atom stereocenters. The topological polar surface area (TPSA) is 59.3 Å². The summed E-state index contributed by atoms with van der Waals surface area (Å²) in [5.74, 6) is 0.167. The number of anilines is 1. The Labute approximate surface area is 179 Å². The molecule has 142 valence electrons. The number of nitrogens with one attached hydrogen (secondary N) is 1. The molecule has 5 rings (SSSR count). The molecule has 0 unspecified atom stereocenters. The average Bonchev–Trinajstić information content (AvgIpc) is 3.12. The van der Waals surface area contributed by atoms with Gasteiger partial charge in [-0.1, -0.05) is 58.0 Å². The number of hydrogen-bond acceptors (Lipinski definition) is 4. The summed E-state index contributed by atoms with van der Waals surface area (Å²) < 4.78 is 2.96. The number of aromatic nitrogens is 3. The molecule has 1 amide bonds. The molecule has 0 fully saturated rings. The number of benzene rings is 3. The van der Waals surface area contributed by atoms with Crippen LogP contribution in [0.3, 0.4) is 0 Å². The number of para-hydroxylation sites is 3. The van der Waals surface area contributed by atoms with E-state index >= 15 is 0 Å². The Morgan fingerprint density at radius 1 is 0.966 bits per heavy atom. The monoisotopic (exact) mass is 462 g/mol. The van der Waals surface area contributed by atoms with Crippen LogP contribution in [0.2, 0.25) is 0 Å². The van der Waals surface area contributed by atoms with E-state index in [4.69, 9.17) is 9.97 Å². The molecule has 2 heterocycles. The van der Waals surface area contributed by atoms with E-state index in [9.17, 15) is 4.79 Å². The van der Waals surface area contributed by atoms with E-state index in [1.807, 2.05) is 77.2 Å². The third kappa shape index (κ3) is 3.47. The molecule has 0 spiro atoms. The van der Waals surface area contributed by atoms with E-state index in [0.29, 0.717) is 0 Å². The van der Waals surface area contributed by atoms with E-state index in [0.717, 1.165) is 42.9 Å². The molecule has 0 aliphatic heterocycles. The molecule has 29 heavy (non-hydrogen) atoms. The Morgan fingerprint density at radius 2 is 1.76 bits per heavy atom. The summed E-state index contributed by atoms with van der Waals surface area (Å²) in [5.41, 5.74) is 4.37. The zero-order valence-corrected chi connectivity index (χ0v) is 17.6. The Balaban J connectivity index is 1.52. The van der Waals surface area contributed by atoms with Crippen LogP contribution in [0.25, 0.3) is 27.6 Å². The molecule has 3 aromatic carbocycles. The minimum absolute atomic E-state index is 0.0828. The van der Waals surface area contributed by atoms with Crippen LogP contribution < -0.4 is 5.32 Å². The van der Waals surface area contributed by atoms with Gasteiger partial charge in [0.1, 0.15) is 5.65 Å². The molecule has 0 aliphatic rings. The van der Waals surface area contributed by atoms with Crippen molar-refractivity contribution in [3.05, 3.63) is 77.3 Å². The number of nitrogens with zero attached hydrogens (tertiary/aromatic N) is 3. The molecule has 0 bridgehead atoms. The summed E-state index contributed by atoms with van der Waals surface area (Å²) in [4.78, 5) is 22.1. The number of thioether (sulfide) groups is 1. The quantitative estimate of drug-likeness (QED) is 0.281. The number of halogens is 1. The normalized spacial score (nSPS) is 11.3. The van der Waals surface area contributed by atoms with Crippen molar-refractivity contribution in [3.63, 3.8) is 0 Å². The average molecular weight is 463 g/mol. The number of imidazole rings is 1. The minimum atomic E-state index is -0.0828. The van der Waals surface area contributed by atoms with Crippen LogP contribution >= 0.6 is 27.7 Å². The second kappa shape index (κ2) is 7.50. The van der Waals surface area contributed by atoms with E-state index < -0.39 is 0 Å². The van der Waals surface area contributed by atoms with E-state index in [-0.39, 0.29) is 11.7 Å². The van der Waals surface area contributed by atoms with Crippen molar-refractivity contribution in [1.29, 1.82) is 0 Å². The summed E-state index contributed by atoms with van der Waals surface area (Å²) >= 11 is 4.82. The van der Waals surface area contributed by atoms with Gasteiger partial charge in [0.05, 0.1) is 22.3 Å². The van der Waals surface area contributed by atoms with Gasteiger partial charge in [-0.25, -0.2) is 9.97 Å². The van der Waals surface area contributed by atoms with Gasteiger partial charge in [-0.3, -0.25) is 9.20 Å². The lowest BCUT2D eigenvalue weighted by Gasteiger charge is -2.09. The van der Waals surface area contributed by atoms with Crippen molar-refractivity contribution in [2.45, 2.75) is 5.16 Å². The number of rotatable bonds is 4. The summed E-state index contributed by atoms with van der Waals surface area (Å²) in [6, 6.07) is 23.5. The molecule has 5 nitrogen and oxygen atoms in total. The van der Waals surface area contributed by atoms with Crippen LogP contribution in [0.1, 0.15) is 0 Å². The highest BCUT2D eigenvalue weighted by molar-refractivity contribution is 9.10. The molecule has 0 radical (unpaired) electrons. The molecular weight excluding hydrogens is 448 g/mol. The fraction of sp³-hybridized carbons (Fsp3) is 0.0455. The van der Waals surface area contributed by atoms with E-state index in [1.54, 1.807) is 0 Å². The van der Waals surface area contributed by atoms with Crippen molar-refractivity contribution in [2.24, 2.45) is 0 Å². The summed E-state index contributed by atoms with van der Waals surface area (Å²) in [6.45, 7) is 0. The third-order valence-corrected chi connectivity index (χ3v) is 5.99. The van der Waals surface area contributed by atoms with Gasteiger partial charge in [-0.15, -0.1) is 0 Å². The second-order valence-electron chi connectivity index (χ2n) is 6.52. The van der Waals surface area contributed by atoms with E-state index in [1.165, 1.54) is 11.8 Å². The van der Waals surface area contributed by atoms with Gasteiger partial charge < -0.3 is 5.32 Å². The lowest BCUT2D eigenvalue weighted by molar-refractivity contribution is -0.113. The number of fused-ring (bicyclic) bond motifs is 5. The Bertz CT molecular complexity index is 1380. The van der Waals surface area contributed by atoms with Gasteiger partial charge in [0.15, 0.2) is 5.16 Å². The van der Waals surface area contributed by atoms with E-state index in [2.05, 4.69) is 21.2 Å². The third-order valence-electron chi connectivity index (χ3n) is 4.55. The van der Waals surface area contributed by atoms with Crippen molar-refractivity contribution in [3.8, 4) is 0 Å². The Hall–Kier alpha value is -2.90. The van der Waals surface area contributed by atoms with Crippen LogP contribution in [0, 0.1) is 0 Å². The highest BCUT2D eigenvalue weighted by Gasteiger charge is 2.15. The van der Waals surface area contributed by atoms with Gasteiger partial charge in [0.25, 0.3) is 0 Å². The first kappa shape index (κ1) is 18.1. The standard InChI is InChI=1S/C22H15BrN4OS/c23-14-6-5-7-15(12-14)24-20(28)13-29-22-26-17-9-2-1-8-16(17)21-25-18-10-3-4-11-19(18)27(21)22/h1-12H,13H2,(H,24,28). The van der Waals surface area contributed by atoms with Crippen molar-refractivity contribution in [2.75, 3.05) is 11.1 Å². The molecule has 1 N–H and O–H groups in total. The summed E-state index contributed by atoms with van der Waals surface area (Å²) in [6.07, 6.45) is 0. The fourth-order valence-corrected chi connectivity index (χ4v) is 4.51. The largest absolute Gasteiger partial charge is 0.325 e. The molecule has 0 saturated carbocycles. The highest BCUT2D eigenvalue weighted by Crippen LogP contribution is 2.29. The number of carbonyl (C=O) groups is 1. The summed E-state index contributed by atoms with van der Waals surface area (Å²) in [7, 11) is 0. The van der Waals surface area contributed by atoms with Gasteiger partial charge in [0.2, 0.25) is 5.91 Å². The van der Waals surface area contributed by atoms with Gasteiger partial charge in [-0.05, 0) is 42.5 Å². The molecule has 7 heteroatoms. The fourth-order valence-electron chi connectivity index (χ4n) is 3.30. The van der Waals surface area contributed by atoms with Crippen LogP contribution in [0.5, 0.6) is 0 Å². The zero-order valence-electron chi connectivity index (χ0n) is 15.2. The predicted octanol–water partition coefficient (Wildman–Crippen LogP) is 5.53. The molecule has 0 aliphatic carbocycles. The van der Waals surface area contributed by atoms with Gasteiger partial charge >= 0.3 is 0 Å². The lowest BCUT2D eigenvalue weighted by atomic mass is 10.2. The first-order chi connectivity index (χ1) is 14.2. The van der Waals surface area contributed by atoms with Gasteiger partial charge in [0, 0.05) is 15.5 Å². The van der Waals surface area contributed by atoms with Crippen LogP contribution in [0.4, 0.5) is 5.69 Å². The Kier molecular flexibility index (Phi) is 4.69. The first-order valence-electron chi connectivity index (χ1n) is 9.03. The minimum Gasteiger partial charge on any atom is -0.325 e. The van der Waals surface area contributed by atoms with Crippen molar-refractivity contribution in [1.82, 2.24) is 14.4 Å². The molecule has 5 aromatic rings. The number of hydrogen-bond donors (Lipinski definition) is 1. The zero-order chi connectivity index (χ0) is 19.8. The van der Waals surface area contributed by atoms with Crippen molar-refractivity contribution >= 4 is 66.9 Å². The molecular formula is C22H15BrN4OS. The van der Waals surface area contributed by atoms with Crippen molar-refractivity contribution < 1.29 is 4.79 Å².